The van der Waals surface area contributed by atoms with Gasteiger partial charge in [0, 0.05) is 6.20 Å². The third-order valence-electron chi connectivity index (χ3n) is 2.48. The topological polar surface area (TPSA) is 45.2 Å². The minimum Gasteiger partial charge on any atom is -0.309 e. The van der Waals surface area contributed by atoms with Crippen molar-refractivity contribution in [1.29, 1.82) is 0 Å². The van der Waals surface area contributed by atoms with Gasteiger partial charge in [0.2, 0.25) is 5.91 Å². The van der Waals surface area contributed by atoms with Crippen molar-refractivity contribution in [3.05, 3.63) is 23.9 Å². The molecule has 0 spiro atoms. The van der Waals surface area contributed by atoms with Crippen LogP contribution in [0.1, 0.15) is 18.9 Å². The summed E-state index contributed by atoms with van der Waals surface area (Å²) in [6.45, 7) is 3.97. The van der Waals surface area contributed by atoms with E-state index >= 15 is 0 Å². The number of hydrogen-bond acceptors (Lipinski definition) is 3. The number of anilines is 1. The average Bonchev–Trinajstić information content (AvgIpc) is 2.17. The van der Waals surface area contributed by atoms with Crippen LogP contribution in [-0.4, -0.2) is 35.9 Å². The van der Waals surface area contributed by atoms with E-state index in [0.29, 0.717) is 5.82 Å². The van der Waals surface area contributed by atoms with Crippen LogP contribution in [0.4, 0.5) is 5.82 Å². The monoisotopic (exact) mass is 221 g/mol. The van der Waals surface area contributed by atoms with Gasteiger partial charge in [-0.25, -0.2) is 4.98 Å². The van der Waals surface area contributed by atoms with E-state index in [1.807, 2.05) is 45.0 Å². The molecule has 0 aliphatic carbocycles. The van der Waals surface area contributed by atoms with Crippen LogP contribution in [-0.2, 0) is 4.79 Å². The number of nitrogens with one attached hydrogen (secondary N) is 1. The summed E-state index contributed by atoms with van der Waals surface area (Å²) >= 11 is 0. The van der Waals surface area contributed by atoms with Crippen LogP contribution in [0, 0.1) is 6.92 Å². The minimum atomic E-state index is -0.109. The van der Waals surface area contributed by atoms with Crippen LogP contribution >= 0.6 is 0 Å². The molecule has 0 bridgehead atoms. The normalized spacial score (nSPS) is 12.6. The van der Waals surface area contributed by atoms with Crippen molar-refractivity contribution in [1.82, 2.24) is 9.88 Å². The summed E-state index contributed by atoms with van der Waals surface area (Å²) in [6.07, 6.45) is 2.48. The van der Waals surface area contributed by atoms with Gasteiger partial charge in [0.1, 0.15) is 5.82 Å². The van der Waals surface area contributed by atoms with E-state index in [1.165, 1.54) is 0 Å². The van der Waals surface area contributed by atoms with Gasteiger partial charge in [-0.15, -0.1) is 0 Å². The van der Waals surface area contributed by atoms with Crippen LogP contribution in [0.15, 0.2) is 18.3 Å². The summed E-state index contributed by atoms with van der Waals surface area (Å²) in [5.41, 5.74) is 1.09. The lowest BCUT2D eigenvalue weighted by molar-refractivity contribution is -0.120. The second-order valence-electron chi connectivity index (χ2n) is 4.10. The van der Waals surface area contributed by atoms with Crippen LogP contribution in [0.25, 0.3) is 0 Å². The van der Waals surface area contributed by atoms with Crippen molar-refractivity contribution in [2.45, 2.75) is 26.3 Å². The molecule has 0 unspecified atom stereocenters. The van der Waals surface area contributed by atoms with Gasteiger partial charge >= 0.3 is 0 Å². The first-order valence-corrected chi connectivity index (χ1v) is 5.44. The first-order chi connectivity index (χ1) is 7.54. The average molecular weight is 221 g/mol. The third kappa shape index (κ3) is 3.31. The summed E-state index contributed by atoms with van der Waals surface area (Å²) < 4.78 is 0. The number of rotatable bonds is 4. The minimum absolute atomic E-state index is 0.00870. The summed E-state index contributed by atoms with van der Waals surface area (Å²) in [5, 5.41) is 2.82. The van der Waals surface area contributed by atoms with Gasteiger partial charge in [-0.05, 0) is 45.1 Å². The van der Waals surface area contributed by atoms with E-state index in [1.54, 1.807) is 6.20 Å². The highest BCUT2D eigenvalue weighted by atomic mass is 16.2. The molecule has 4 nitrogen and oxygen atoms in total. The second kappa shape index (κ2) is 5.61. The van der Waals surface area contributed by atoms with Gasteiger partial charge in [-0.2, -0.15) is 0 Å². The Morgan fingerprint density at radius 1 is 1.56 bits per heavy atom. The zero-order valence-corrected chi connectivity index (χ0v) is 10.3. The molecule has 0 aliphatic rings. The Morgan fingerprint density at radius 3 is 2.75 bits per heavy atom. The highest BCUT2D eigenvalue weighted by Crippen LogP contribution is 2.08. The summed E-state index contributed by atoms with van der Waals surface area (Å²) in [5.74, 6) is 0.607. The number of nitrogens with zero attached hydrogens (tertiary/aromatic N) is 2. The Bertz CT molecular complexity index is 363. The second-order valence-corrected chi connectivity index (χ2v) is 4.10. The van der Waals surface area contributed by atoms with Crippen LogP contribution < -0.4 is 5.32 Å². The molecule has 1 aromatic rings. The predicted molar refractivity (Wildman–Crippen MR) is 65.4 cm³/mol. The lowest BCUT2D eigenvalue weighted by Crippen LogP contribution is -2.39. The Kier molecular flexibility index (Phi) is 4.43. The number of amides is 1. The molecule has 1 N–H and O–H groups in total. The molecule has 4 heteroatoms. The molecule has 0 saturated carbocycles. The number of carbonyl (C=O) groups excluding carboxylic acids is 1. The molecule has 0 fully saturated rings. The fourth-order valence-corrected chi connectivity index (χ4v) is 1.60. The van der Waals surface area contributed by atoms with Crippen LogP contribution in [0.3, 0.4) is 0 Å². The number of aryl methyl sites for hydroxylation is 1. The zero-order chi connectivity index (χ0) is 12.1. The maximum Gasteiger partial charge on any atom is 0.242 e. The first-order valence-electron chi connectivity index (χ1n) is 5.44. The summed E-state index contributed by atoms with van der Waals surface area (Å²) in [6, 6.07) is 3.65. The van der Waals surface area contributed by atoms with E-state index < -0.39 is 0 Å². The van der Waals surface area contributed by atoms with Gasteiger partial charge in [0.15, 0.2) is 0 Å². The molecule has 88 valence electrons. The number of carbonyl (C=O) groups is 1. The Morgan fingerprint density at radius 2 is 2.25 bits per heavy atom. The molecule has 0 aliphatic heterocycles. The van der Waals surface area contributed by atoms with E-state index in [-0.39, 0.29) is 11.9 Å². The van der Waals surface area contributed by atoms with Gasteiger partial charge in [-0.3, -0.25) is 9.69 Å². The first kappa shape index (κ1) is 12.6. The van der Waals surface area contributed by atoms with Crippen molar-refractivity contribution in [2.75, 3.05) is 19.4 Å². The van der Waals surface area contributed by atoms with Crippen molar-refractivity contribution >= 4 is 11.7 Å². The number of likely N-dealkylation sites (N-methyl/N-ethyl adjacent to an activating group) is 1. The van der Waals surface area contributed by atoms with Crippen molar-refractivity contribution in [2.24, 2.45) is 0 Å². The van der Waals surface area contributed by atoms with Gasteiger partial charge < -0.3 is 5.32 Å². The van der Waals surface area contributed by atoms with Crippen LogP contribution in [0.2, 0.25) is 0 Å². The highest BCUT2D eigenvalue weighted by Gasteiger charge is 2.18. The van der Waals surface area contributed by atoms with Crippen molar-refractivity contribution in [3.63, 3.8) is 0 Å². The molecule has 0 radical (unpaired) electrons. The van der Waals surface area contributed by atoms with Gasteiger partial charge in [0.05, 0.1) is 6.04 Å². The molecule has 0 aromatic carbocycles. The molecule has 1 heterocycles. The zero-order valence-electron chi connectivity index (χ0n) is 10.3. The van der Waals surface area contributed by atoms with Crippen molar-refractivity contribution in [3.8, 4) is 0 Å². The largest absolute Gasteiger partial charge is 0.309 e. The molecule has 1 rings (SSSR count). The number of hydrogen-bond donors (Lipinski definition) is 1. The lowest BCUT2D eigenvalue weighted by atomic mass is 10.2. The molecule has 16 heavy (non-hydrogen) atoms. The molecule has 1 atom stereocenters. The third-order valence-corrected chi connectivity index (χ3v) is 2.48. The van der Waals surface area contributed by atoms with E-state index in [4.69, 9.17) is 0 Å². The van der Waals surface area contributed by atoms with Crippen molar-refractivity contribution < 1.29 is 4.79 Å². The Balaban J connectivity index is 2.70. The summed E-state index contributed by atoms with van der Waals surface area (Å²) in [4.78, 5) is 17.9. The quantitative estimate of drug-likeness (QED) is 0.841. The lowest BCUT2D eigenvalue weighted by Gasteiger charge is -2.21. The molecule has 1 aromatic heterocycles. The maximum atomic E-state index is 11.9. The van der Waals surface area contributed by atoms with Gasteiger partial charge in [0.25, 0.3) is 0 Å². The van der Waals surface area contributed by atoms with E-state index in [2.05, 4.69) is 10.3 Å². The van der Waals surface area contributed by atoms with E-state index in [0.717, 1.165) is 12.0 Å². The maximum absolute atomic E-state index is 11.9. The number of pyridine rings is 1. The molecule has 1 amide bonds. The fraction of sp³-hybridized carbons (Fsp3) is 0.500. The fourth-order valence-electron chi connectivity index (χ4n) is 1.60. The smallest absolute Gasteiger partial charge is 0.242 e. The molecular weight excluding hydrogens is 202 g/mol. The molecule has 0 saturated heterocycles. The standard InChI is InChI=1S/C12H19N3O/c1-5-10(15(3)4)12(16)14-11-8-9(2)6-7-13-11/h6-8,10H,5H2,1-4H3,(H,13,14,16)/t10-/m0/s1. The Labute approximate surface area is 96.7 Å². The number of aromatic nitrogens is 1. The van der Waals surface area contributed by atoms with E-state index in [9.17, 15) is 4.79 Å². The molecular formula is C12H19N3O. The highest BCUT2D eigenvalue weighted by molar-refractivity contribution is 5.93. The van der Waals surface area contributed by atoms with Gasteiger partial charge in [-0.1, -0.05) is 6.92 Å². The SMILES string of the molecule is CC[C@@H](C(=O)Nc1cc(C)ccn1)N(C)C. The Hall–Kier alpha value is -1.42. The van der Waals surface area contributed by atoms with Crippen LogP contribution in [0.5, 0.6) is 0 Å². The predicted octanol–water partition coefficient (Wildman–Crippen LogP) is 1.67. The summed E-state index contributed by atoms with van der Waals surface area (Å²) in [7, 11) is 3.80.